The number of nitrogens with zero attached hydrogens (tertiary/aromatic N) is 3. The number of carbonyl (C=O) groups excluding carboxylic acids is 1. The van der Waals surface area contributed by atoms with E-state index in [1.165, 1.54) is 12.7 Å². The van der Waals surface area contributed by atoms with Crippen LogP contribution in [0.15, 0.2) is 18.7 Å². The van der Waals surface area contributed by atoms with E-state index >= 15 is 0 Å². The van der Waals surface area contributed by atoms with Crippen LogP contribution in [0.4, 0.5) is 0 Å². The Morgan fingerprint density at radius 3 is 2.67 bits per heavy atom. The van der Waals surface area contributed by atoms with E-state index in [0.717, 1.165) is 31.5 Å². The van der Waals surface area contributed by atoms with E-state index in [9.17, 15) is 4.79 Å². The molecule has 0 bridgehead atoms. The molecule has 0 saturated carbocycles. The van der Waals surface area contributed by atoms with E-state index in [2.05, 4.69) is 15.3 Å². The highest BCUT2D eigenvalue weighted by Crippen LogP contribution is 2.10. The van der Waals surface area contributed by atoms with Gasteiger partial charge in [-0.1, -0.05) is 0 Å². The molecule has 1 saturated heterocycles. The largest absolute Gasteiger partial charge is 0.341 e. The van der Waals surface area contributed by atoms with Crippen LogP contribution in [0.3, 0.4) is 0 Å². The second-order valence-corrected chi connectivity index (χ2v) is 4.74. The third kappa shape index (κ3) is 3.50. The average Bonchev–Trinajstić information content (AvgIpc) is 2.46. The van der Waals surface area contributed by atoms with Crippen LogP contribution in [0.5, 0.6) is 0 Å². The molecule has 0 aliphatic carbocycles. The van der Waals surface area contributed by atoms with Gasteiger partial charge in [0.05, 0.1) is 6.04 Å². The number of nitrogens with one attached hydrogen (secondary N) is 1. The molecule has 2 heterocycles. The first-order chi connectivity index (χ1) is 8.77. The summed E-state index contributed by atoms with van der Waals surface area (Å²) in [5.74, 6) is 0.201. The molecule has 1 unspecified atom stereocenters. The number of likely N-dealkylation sites (tertiary alicyclic amines) is 1. The van der Waals surface area contributed by atoms with Gasteiger partial charge in [-0.25, -0.2) is 9.97 Å². The SMILES string of the molecule is CC(NCc1cncnc1)C(=O)N1CCCCC1. The van der Waals surface area contributed by atoms with Gasteiger partial charge in [-0.05, 0) is 26.2 Å². The minimum absolute atomic E-state index is 0.150. The van der Waals surface area contributed by atoms with Gasteiger partial charge < -0.3 is 10.2 Å². The molecule has 1 aromatic rings. The lowest BCUT2D eigenvalue weighted by molar-refractivity contribution is -0.133. The second kappa shape index (κ2) is 6.44. The van der Waals surface area contributed by atoms with E-state index in [-0.39, 0.29) is 11.9 Å². The molecule has 1 N–H and O–H groups in total. The normalized spacial score (nSPS) is 17.5. The van der Waals surface area contributed by atoms with Gasteiger partial charge in [0.2, 0.25) is 5.91 Å². The molecule has 2 rings (SSSR count). The summed E-state index contributed by atoms with van der Waals surface area (Å²) in [6.45, 7) is 4.35. The van der Waals surface area contributed by atoms with Crippen molar-refractivity contribution in [3.8, 4) is 0 Å². The maximum Gasteiger partial charge on any atom is 0.239 e. The number of hydrogen-bond donors (Lipinski definition) is 1. The Morgan fingerprint density at radius 2 is 2.00 bits per heavy atom. The van der Waals surface area contributed by atoms with Gasteiger partial charge in [0, 0.05) is 37.6 Å². The predicted molar refractivity (Wildman–Crippen MR) is 68.8 cm³/mol. The highest BCUT2D eigenvalue weighted by atomic mass is 16.2. The van der Waals surface area contributed by atoms with Crippen LogP contribution >= 0.6 is 0 Å². The molecule has 98 valence electrons. The van der Waals surface area contributed by atoms with Crippen LogP contribution in [0.25, 0.3) is 0 Å². The van der Waals surface area contributed by atoms with Crippen LogP contribution in [0.1, 0.15) is 31.7 Å². The molecule has 0 aromatic carbocycles. The van der Waals surface area contributed by atoms with E-state index in [0.29, 0.717) is 6.54 Å². The number of amides is 1. The van der Waals surface area contributed by atoms with E-state index in [4.69, 9.17) is 0 Å². The van der Waals surface area contributed by atoms with Crippen molar-refractivity contribution < 1.29 is 4.79 Å². The molecule has 18 heavy (non-hydrogen) atoms. The Morgan fingerprint density at radius 1 is 1.33 bits per heavy atom. The van der Waals surface area contributed by atoms with Gasteiger partial charge in [-0.15, -0.1) is 0 Å². The van der Waals surface area contributed by atoms with Crippen molar-refractivity contribution in [1.29, 1.82) is 0 Å². The first-order valence-corrected chi connectivity index (χ1v) is 6.53. The molecule has 1 atom stereocenters. The fourth-order valence-electron chi connectivity index (χ4n) is 2.17. The van der Waals surface area contributed by atoms with Crippen molar-refractivity contribution in [2.45, 2.75) is 38.8 Å². The molecule has 1 aliphatic heterocycles. The highest BCUT2D eigenvalue weighted by Gasteiger charge is 2.21. The lowest BCUT2D eigenvalue weighted by Gasteiger charge is -2.29. The monoisotopic (exact) mass is 248 g/mol. The Bertz CT molecular complexity index is 376. The van der Waals surface area contributed by atoms with Crippen molar-refractivity contribution >= 4 is 5.91 Å². The minimum Gasteiger partial charge on any atom is -0.341 e. The summed E-state index contributed by atoms with van der Waals surface area (Å²) >= 11 is 0. The summed E-state index contributed by atoms with van der Waals surface area (Å²) in [5, 5.41) is 3.22. The molecule has 5 heteroatoms. The number of aromatic nitrogens is 2. The van der Waals surface area contributed by atoms with E-state index in [1.54, 1.807) is 12.4 Å². The van der Waals surface area contributed by atoms with Crippen molar-refractivity contribution in [3.63, 3.8) is 0 Å². The molecule has 1 aromatic heterocycles. The average molecular weight is 248 g/mol. The van der Waals surface area contributed by atoms with E-state index < -0.39 is 0 Å². The molecule has 1 fully saturated rings. The van der Waals surface area contributed by atoms with Crippen LogP contribution in [0.2, 0.25) is 0 Å². The van der Waals surface area contributed by atoms with Crippen LogP contribution in [-0.2, 0) is 11.3 Å². The highest BCUT2D eigenvalue weighted by molar-refractivity contribution is 5.81. The standard InChI is InChI=1S/C13H20N4O/c1-11(13(18)17-5-3-2-4-6-17)16-9-12-7-14-10-15-8-12/h7-8,10-11,16H,2-6,9H2,1H3. The van der Waals surface area contributed by atoms with Crippen molar-refractivity contribution in [1.82, 2.24) is 20.2 Å². The zero-order valence-corrected chi connectivity index (χ0v) is 10.8. The number of carbonyl (C=O) groups is 1. The molecular formula is C13H20N4O. The minimum atomic E-state index is -0.150. The van der Waals surface area contributed by atoms with Crippen LogP contribution in [0, 0.1) is 0 Å². The molecule has 0 spiro atoms. The molecule has 5 nitrogen and oxygen atoms in total. The van der Waals surface area contributed by atoms with E-state index in [1.807, 2.05) is 11.8 Å². The van der Waals surface area contributed by atoms with Gasteiger partial charge in [-0.2, -0.15) is 0 Å². The lowest BCUT2D eigenvalue weighted by atomic mass is 10.1. The number of rotatable bonds is 4. The Labute approximate surface area is 108 Å². The van der Waals surface area contributed by atoms with Crippen molar-refractivity contribution in [2.75, 3.05) is 13.1 Å². The summed E-state index contributed by atoms with van der Waals surface area (Å²) in [6, 6.07) is -0.150. The third-order valence-corrected chi connectivity index (χ3v) is 3.26. The summed E-state index contributed by atoms with van der Waals surface area (Å²) < 4.78 is 0. The second-order valence-electron chi connectivity index (χ2n) is 4.74. The Hall–Kier alpha value is -1.49. The van der Waals surface area contributed by atoms with Gasteiger partial charge >= 0.3 is 0 Å². The van der Waals surface area contributed by atoms with Crippen LogP contribution in [-0.4, -0.2) is 39.9 Å². The van der Waals surface area contributed by atoms with Gasteiger partial charge in [-0.3, -0.25) is 4.79 Å². The number of piperidine rings is 1. The maximum atomic E-state index is 12.2. The van der Waals surface area contributed by atoms with Gasteiger partial charge in [0.25, 0.3) is 0 Å². The van der Waals surface area contributed by atoms with Gasteiger partial charge in [0.15, 0.2) is 0 Å². The summed E-state index contributed by atoms with van der Waals surface area (Å²) in [4.78, 5) is 22.0. The smallest absolute Gasteiger partial charge is 0.239 e. The summed E-state index contributed by atoms with van der Waals surface area (Å²) in [5.41, 5.74) is 0.996. The Balaban J connectivity index is 1.80. The quantitative estimate of drug-likeness (QED) is 0.862. The lowest BCUT2D eigenvalue weighted by Crippen LogP contribution is -2.46. The fraction of sp³-hybridized carbons (Fsp3) is 0.615. The Kier molecular flexibility index (Phi) is 4.64. The topological polar surface area (TPSA) is 58.1 Å². The summed E-state index contributed by atoms with van der Waals surface area (Å²) in [7, 11) is 0. The fourth-order valence-corrected chi connectivity index (χ4v) is 2.17. The predicted octanol–water partition coefficient (Wildman–Crippen LogP) is 0.967. The maximum absolute atomic E-state index is 12.2. The van der Waals surface area contributed by atoms with Gasteiger partial charge in [0.1, 0.15) is 6.33 Å². The van der Waals surface area contributed by atoms with Crippen LogP contribution < -0.4 is 5.32 Å². The molecule has 1 aliphatic rings. The van der Waals surface area contributed by atoms with Crippen molar-refractivity contribution in [2.24, 2.45) is 0 Å². The zero-order chi connectivity index (χ0) is 12.8. The first-order valence-electron chi connectivity index (χ1n) is 6.53. The molecular weight excluding hydrogens is 228 g/mol. The first kappa shape index (κ1) is 13.0. The third-order valence-electron chi connectivity index (χ3n) is 3.26. The number of hydrogen-bond acceptors (Lipinski definition) is 4. The molecule has 0 radical (unpaired) electrons. The summed E-state index contributed by atoms with van der Waals surface area (Å²) in [6.07, 6.45) is 8.53. The van der Waals surface area contributed by atoms with Crippen molar-refractivity contribution in [3.05, 3.63) is 24.3 Å². The molecule has 1 amide bonds. The zero-order valence-electron chi connectivity index (χ0n) is 10.8.